The highest BCUT2D eigenvalue weighted by atomic mass is 35.5. The van der Waals surface area contributed by atoms with E-state index < -0.39 is 0 Å². The van der Waals surface area contributed by atoms with Gasteiger partial charge in [0, 0.05) is 10.9 Å². The Balaban J connectivity index is 0.000000128. The van der Waals surface area contributed by atoms with Gasteiger partial charge in [-0.2, -0.15) is 4.57 Å². The van der Waals surface area contributed by atoms with Gasteiger partial charge in [-0.15, -0.1) is 0 Å². The predicted octanol–water partition coefficient (Wildman–Crippen LogP) is 3.96. The van der Waals surface area contributed by atoms with E-state index in [4.69, 9.17) is 48.6 Å². The first kappa shape index (κ1) is 30.7. The molecule has 4 aliphatic heterocycles. The van der Waals surface area contributed by atoms with E-state index in [0.717, 1.165) is 103 Å². The summed E-state index contributed by atoms with van der Waals surface area (Å²) in [6.45, 7) is 4.05. The van der Waals surface area contributed by atoms with E-state index in [9.17, 15) is 0 Å². The summed E-state index contributed by atoms with van der Waals surface area (Å²) in [7, 11) is 0. The SMILES string of the molecule is CC[n+]1cc2c3c(ccc2c2ccc4cc5c(cc4c21)OCO5)OCO3.Nc1nc2c(c3ccc4c(c13)OCO4)CCc1cc3c(cc1-2)OCO3.[Cl-]. The molecule has 0 saturated carbocycles. The fourth-order valence-electron chi connectivity index (χ4n) is 8.05. The number of aromatic nitrogens is 2. The average molecular weight is 716 g/mol. The van der Waals surface area contributed by atoms with Crippen LogP contribution < -0.4 is 60.6 Å². The number of hydrogen-bond donors (Lipinski definition) is 1. The molecule has 6 heterocycles. The molecule has 2 N–H and O–H groups in total. The van der Waals surface area contributed by atoms with E-state index in [0.29, 0.717) is 11.6 Å². The van der Waals surface area contributed by atoms with Crippen LogP contribution in [0, 0.1) is 0 Å². The van der Waals surface area contributed by atoms with Gasteiger partial charge in [0.25, 0.3) is 0 Å². The summed E-state index contributed by atoms with van der Waals surface area (Å²) < 4.78 is 46.9. The molecule has 1 aliphatic carbocycles. The zero-order chi connectivity index (χ0) is 33.8. The first-order valence-corrected chi connectivity index (χ1v) is 17.0. The van der Waals surface area contributed by atoms with Crippen LogP contribution in [0.1, 0.15) is 18.1 Å². The van der Waals surface area contributed by atoms with Gasteiger partial charge in [0.2, 0.25) is 32.7 Å². The molecule has 5 aromatic carbocycles. The van der Waals surface area contributed by atoms with E-state index in [1.165, 1.54) is 22.0 Å². The van der Waals surface area contributed by atoms with Crippen LogP contribution in [-0.2, 0) is 19.4 Å². The number of nitrogen functional groups attached to an aromatic ring is 1. The van der Waals surface area contributed by atoms with Gasteiger partial charge in [-0.05, 0) is 96.3 Å². The molecule has 11 nitrogen and oxygen atoms in total. The summed E-state index contributed by atoms with van der Waals surface area (Å²) >= 11 is 0. The first-order chi connectivity index (χ1) is 25.1. The molecule has 0 bridgehead atoms. The lowest BCUT2D eigenvalue weighted by molar-refractivity contribution is -0.665. The number of anilines is 1. The van der Waals surface area contributed by atoms with Crippen molar-refractivity contribution in [3.8, 4) is 57.3 Å². The van der Waals surface area contributed by atoms with Crippen LogP contribution in [0.5, 0.6) is 46.0 Å². The summed E-state index contributed by atoms with van der Waals surface area (Å²) in [5, 5.41) is 7.65. The van der Waals surface area contributed by atoms with Crippen LogP contribution in [0.15, 0.2) is 66.9 Å². The smallest absolute Gasteiger partial charge is 0.231 e. The van der Waals surface area contributed by atoms with Crippen molar-refractivity contribution in [3.05, 3.63) is 78.0 Å². The lowest BCUT2D eigenvalue weighted by Crippen LogP contribution is -3.00. The van der Waals surface area contributed by atoms with Crippen LogP contribution in [0.25, 0.3) is 54.5 Å². The van der Waals surface area contributed by atoms with Gasteiger partial charge in [0.15, 0.2) is 52.2 Å². The van der Waals surface area contributed by atoms with Crippen LogP contribution in [0.3, 0.4) is 0 Å². The molecule has 12 rings (SSSR count). The second-order valence-corrected chi connectivity index (χ2v) is 13.0. The monoisotopic (exact) mass is 715 g/mol. The second kappa shape index (κ2) is 11.5. The van der Waals surface area contributed by atoms with Gasteiger partial charge >= 0.3 is 0 Å². The van der Waals surface area contributed by atoms with Crippen molar-refractivity contribution < 1.29 is 54.9 Å². The molecule has 0 unspecified atom stereocenters. The highest BCUT2D eigenvalue weighted by Crippen LogP contribution is 2.48. The Labute approximate surface area is 302 Å². The Hall–Kier alpha value is -6.07. The van der Waals surface area contributed by atoms with Crippen molar-refractivity contribution in [2.45, 2.75) is 26.3 Å². The van der Waals surface area contributed by atoms with Crippen molar-refractivity contribution >= 4 is 49.0 Å². The van der Waals surface area contributed by atoms with Gasteiger partial charge in [-0.25, -0.2) is 4.98 Å². The molecule has 260 valence electrons. The van der Waals surface area contributed by atoms with Crippen LogP contribution >= 0.6 is 0 Å². The molecule has 0 saturated heterocycles. The average Bonchev–Trinajstić information content (AvgIpc) is 3.99. The zero-order valence-corrected chi connectivity index (χ0v) is 28.7. The minimum Gasteiger partial charge on any atom is -1.00 e. The topological polar surface area (TPSA) is 117 Å². The molecule has 0 amide bonds. The number of fused-ring (bicyclic) bond motifs is 16. The molecule has 0 atom stereocenters. The number of rotatable bonds is 1. The molecule has 0 radical (unpaired) electrons. The fourth-order valence-corrected chi connectivity index (χ4v) is 8.05. The van der Waals surface area contributed by atoms with Crippen molar-refractivity contribution in [1.29, 1.82) is 0 Å². The molecule has 0 spiro atoms. The molecule has 7 aromatic rings. The summed E-state index contributed by atoms with van der Waals surface area (Å²) in [6, 6.07) is 20.6. The maximum absolute atomic E-state index is 6.32. The Morgan fingerprint density at radius 3 is 2.04 bits per heavy atom. The normalized spacial score (nSPS) is 15.0. The Kier molecular flexibility index (Phi) is 6.78. The van der Waals surface area contributed by atoms with Crippen molar-refractivity contribution in [2.24, 2.45) is 0 Å². The number of halogens is 1. The number of benzene rings is 5. The summed E-state index contributed by atoms with van der Waals surface area (Å²) in [6.07, 6.45) is 3.98. The third-order valence-corrected chi connectivity index (χ3v) is 10.4. The number of nitrogens with two attached hydrogens (primary N) is 1. The van der Waals surface area contributed by atoms with Crippen molar-refractivity contribution in [1.82, 2.24) is 4.98 Å². The van der Waals surface area contributed by atoms with E-state index in [2.05, 4.69) is 60.2 Å². The lowest BCUT2D eigenvalue weighted by Gasteiger charge is -2.22. The Morgan fingerprint density at radius 2 is 1.25 bits per heavy atom. The number of ether oxygens (including phenoxy) is 8. The molecule has 5 aliphatic rings. The van der Waals surface area contributed by atoms with Gasteiger partial charge in [-0.3, -0.25) is 0 Å². The number of nitrogens with zero attached hydrogens (tertiary/aromatic N) is 2. The lowest BCUT2D eigenvalue weighted by atomic mass is 9.86. The highest BCUT2D eigenvalue weighted by Gasteiger charge is 2.29. The predicted molar refractivity (Wildman–Crippen MR) is 188 cm³/mol. The summed E-state index contributed by atoms with van der Waals surface area (Å²) in [5.74, 6) is 6.70. The van der Waals surface area contributed by atoms with Gasteiger partial charge in [-0.1, -0.05) is 6.07 Å². The minimum absolute atomic E-state index is 0. The summed E-state index contributed by atoms with van der Waals surface area (Å²) in [4.78, 5) is 4.73. The van der Waals surface area contributed by atoms with Gasteiger partial charge < -0.3 is 56.0 Å². The number of aryl methyl sites for hydroxylation is 3. The van der Waals surface area contributed by atoms with Crippen LogP contribution in [0.2, 0.25) is 0 Å². The molecule has 2 aromatic heterocycles. The molecule has 0 fully saturated rings. The number of pyridine rings is 2. The van der Waals surface area contributed by atoms with Crippen LogP contribution in [0.4, 0.5) is 5.82 Å². The standard InChI is InChI=1S/C21H16NO4.C19H14N2O4.ClH/c1-2-22-9-16-13(5-6-17-21(16)26-11-23-17)14-4-3-12-7-18-19(25-10-24-18)8-15(12)20(14)22;20-19-16-10(3-4-13-18(16)25-8-22-13)11-2-1-9-5-14-15(24-7-23-14)6-12(9)17(11)21-19;/h3-9H,2,10-11H2,1H3;3-6H,1-2,7-8H2,(H2,20,21);1H/q+1;;/p-1. The van der Waals surface area contributed by atoms with E-state index in [1.54, 1.807) is 0 Å². The largest absolute Gasteiger partial charge is 1.00 e. The third-order valence-electron chi connectivity index (χ3n) is 10.4. The summed E-state index contributed by atoms with van der Waals surface area (Å²) in [5.41, 5.74) is 11.9. The maximum atomic E-state index is 6.32. The quantitative estimate of drug-likeness (QED) is 0.198. The van der Waals surface area contributed by atoms with Crippen LogP contribution in [-0.4, -0.2) is 32.2 Å². The van der Waals surface area contributed by atoms with E-state index in [-0.39, 0.29) is 39.6 Å². The molecular weight excluding hydrogens is 686 g/mol. The van der Waals surface area contributed by atoms with Gasteiger partial charge in [0.1, 0.15) is 12.4 Å². The zero-order valence-electron chi connectivity index (χ0n) is 27.9. The van der Waals surface area contributed by atoms with E-state index in [1.807, 2.05) is 18.2 Å². The molecule has 52 heavy (non-hydrogen) atoms. The fraction of sp³-hybridized carbons (Fsp3) is 0.200. The Bertz CT molecular complexity index is 2680. The second-order valence-electron chi connectivity index (χ2n) is 13.0. The van der Waals surface area contributed by atoms with Gasteiger partial charge in [0.05, 0.1) is 27.2 Å². The first-order valence-electron chi connectivity index (χ1n) is 17.0. The van der Waals surface area contributed by atoms with Crippen molar-refractivity contribution in [2.75, 3.05) is 32.9 Å². The third kappa shape index (κ3) is 4.38. The Morgan fingerprint density at radius 1 is 0.615 bits per heavy atom. The highest BCUT2D eigenvalue weighted by molar-refractivity contribution is 6.15. The minimum atomic E-state index is 0. The van der Waals surface area contributed by atoms with E-state index >= 15 is 0 Å². The molecule has 12 heteroatoms. The number of hydrogen-bond acceptors (Lipinski definition) is 10. The molecular formula is C40H30ClN3O8. The van der Waals surface area contributed by atoms with Crippen molar-refractivity contribution in [3.63, 3.8) is 0 Å². The maximum Gasteiger partial charge on any atom is 0.231 e.